The molecule has 0 aliphatic carbocycles. The number of rotatable bonds is 18. The molecule has 2 N–H and O–H groups in total. The molecule has 0 spiro atoms. The second-order valence-electron chi connectivity index (χ2n) is 9.09. The van der Waals surface area contributed by atoms with Crippen LogP contribution in [0.2, 0.25) is 0 Å². The predicted octanol–water partition coefficient (Wildman–Crippen LogP) is 4.99. The maximum atomic E-state index is 12.1. The molecule has 0 saturated carbocycles. The van der Waals surface area contributed by atoms with Crippen molar-refractivity contribution in [1.82, 2.24) is 0 Å². The van der Waals surface area contributed by atoms with E-state index in [1.54, 1.807) is 0 Å². The van der Waals surface area contributed by atoms with Gasteiger partial charge in [-0.3, -0.25) is 13.8 Å². The zero-order valence-electron chi connectivity index (χ0n) is 20.3. The highest BCUT2D eigenvalue weighted by molar-refractivity contribution is 7.47. The molecule has 2 unspecified atom stereocenters. The quantitative estimate of drug-likeness (QED) is 0.155. The molecule has 0 aromatic heterocycles. The van der Waals surface area contributed by atoms with Gasteiger partial charge in [-0.05, 0) is 37.1 Å². The number of nitrogens with zero attached hydrogens (tertiary/aromatic N) is 1. The Morgan fingerprint density at radius 3 is 2.00 bits per heavy atom. The van der Waals surface area contributed by atoms with Crippen LogP contribution in [-0.4, -0.2) is 73.8 Å². The lowest BCUT2D eigenvalue weighted by Gasteiger charge is -2.29. The van der Waals surface area contributed by atoms with E-state index in [-0.39, 0.29) is 18.9 Å². The molecule has 1 rings (SSSR count). The number of aliphatic carboxylic acids is 1. The fraction of sp³-hybridized carbons (Fsp3) is 0.682. The third-order valence-electron chi connectivity index (χ3n) is 4.56. The Morgan fingerprint density at radius 1 is 0.971 bits per heavy atom. The Labute approximate surface area is 203 Å². The summed E-state index contributed by atoms with van der Waals surface area (Å²) in [7, 11) is 1.11. The number of quaternary nitrogens is 1. The van der Waals surface area contributed by atoms with E-state index in [1.807, 2.05) is 21.1 Å². The monoisotopic (exact) mass is 530 g/mol. The van der Waals surface area contributed by atoms with Crippen molar-refractivity contribution >= 4 is 13.8 Å². The first kappa shape index (κ1) is 31.2. The van der Waals surface area contributed by atoms with E-state index in [2.05, 4.69) is 4.74 Å². The topological polar surface area (TPSA) is 112 Å². The van der Waals surface area contributed by atoms with Gasteiger partial charge in [-0.1, -0.05) is 25.7 Å². The van der Waals surface area contributed by atoms with Crippen molar-refractivity contribution < 1.29 is 55.5 Å². The first-order valence-electron chi connectivity index (χ1n) is 11.3. The highest BCUT2D eigenvalue weighted by atomic mass is 31.2. The molecule has 13 heteroatoms. The molecular weight excluding hydrogens is 494 g/mol. The molecule has 2 atom stereocenters. The van der Waals surface area contributed by atoms with Crippen LogP contribution in [0.5, 0.6) is 11.5 Å². The number of benzene rings is 1. The lowest BCUT2D eigenvalue weighted by molar-refractivity contribution is -0.873. The van der Waals surface area contributed by atoms with Crippen LogP contribution in [0, 0.1) is 0 Å². The number of halogens is 3. The summed E-state index contributed by atoms with van der Waals surface area (Å²) < 4.78 is 68.3. The number of carbonyl (C=O) groups is 1. The number of phosphoric acid groups is 1. The van der Waals surface area contributed by atoms with Crippen molar-refractivity contribution in [3.8, 4) is 11.5 Å². The molecule has 9 nitrogen and oxygen atoms in total. The van der Waals surface area contributed by atoms with E-state index in [0.29, 0.717) is 23.3 Å². The number of unbranched alkanes of at least 4 members (excludes halogenated alkanes) is 5. The molecule has 1 aromatic rings. The summed E-state index contributed by atoms with van der Waals surface area (Å²) in [4.78, 5) is 20.9. The van der Waals surface area contributed by atoms with Crippen molar-refractivity contribution in [1.29, 1.82) is 0 Å². The van der Waals surface area contributed by atoms with E-state index < -0.39 is 32.7 Å². The maximum Gasteiger partial charge on any atom is 0.573 e. The van der Waals surface area contributed by atoms with E-state index in [0.717, 1.165) is 32.1 Å². The first-order valence-corrected chi connectivity index (χ1v) is 12.8. The van der Waals surface area contributed by atoms with E-state index in [1.165, 1.54) is 24.3 Å². The van der Waals surface area contributed by atoms with E-state index in [4.69, 9.17) is 18.9 Å². The summed E-state index contributed by atoms with van der Waals surface area (Å²) in [5.41, 5.74) is 0. The molecule has 0 bridgehead atoms. The third-order valence-corrected chi connectivity index (χ3v) is 5.63. The summed E-state index contributed by atoms with van der Waals surface area (Å²) in [6.45, 7) is 0.690. The maximum absolute atomic E-state index is 12.1. The minimum absolute atomic E-state index is 0.0229. The molecular formula is C22H36F3NO8P+. The van der Waals surface area contributed by atoms with E-state index in [9.17, 15) is 27.4 Å². The SMILES string of the molecule is C[N+](C)(C)CC(CC(=O)O)OP(=O)(O)OCCCCCCCCOc1ccc(OC(F)(F)F)cc1. The molecule has 0 fully saturated rings. The number of likely N-dealkylation sites (N-methyl/N-ethyl adjacent to an activating group) is 1. The lowest BCUT2D eigenvalue weighted by atomic mass is 10.1. The van der Waals surface area contributed by atoms with Gasteiger partial charge in [0.15, 0.2) is 0 Å². The summed E-state index contributed by atoms with van der Waals surface area (Å²) in [5.74, 6) is -0.969. The molecule has 0 radical (unpaired) electrons. The predicted molar refractivity (Wildman–Crippen MR) is 122 cm³/mol. The van der Waals surface area contributed by atoms with Crippen LogP contribution in [0.1, 0.15) is 44.9 Å². The fourth-order valence-corrected chi connectivity index (χ4v) is 4.12. The Kier molecular flexibility index (Phi) is 13.0. The molecule has 0 heterocycles. The van der Waals surface area contributed by atoms with Crippen LogP contribution in [0.15, 0.2) is 24.3 Å². The number of hydrogen-bond acceptors (Lipinski definition) is 6. The van der Waals surface area contributed by atoms with Gasteiger partial charge in [0.05, 0.1) is 40.8 Å². The molecule has 202 valence electrons. The zero-order chi connectivity index (χ0) is 26.5. The Balaban J connectivity index is 2.14. The second kappa shape index (κ2) is 14.6. The van der Waals surface area contributed by atoms with Gasteiger partial charge in [-0.2, -0.15) is 0 Å². The van der Waals surface area contributed by atoms with Gasteiger partial charge in [-0.15, -0.1) is 13.2 Å². The van der Waals surface area contributed by atoms with Crippen molar-refractivity contribution in [3.05, 3.63) is 24.3 Å². The highest BCUT2D eigenvalue weighted by Crippen LogP contribution is 2.45. The first-order chi connectivity index (χ1) is 16.2. The molecule has 0 aliphatic rings. The summed E-state index contributed by atoms with van der Waals surface area (Å²) in [6, 6.07) is 5.21. The van der Waals surface area contributed by atoms with Gasteiger partial charge >= 0.3 is 20.2 Å². The van der Waals surface area contributed by atoms with Crippen LogP contribution in [0.3, 0.4) is 0 Å². The van der Waals surface area contributed by atoms with Crippen molar-refractivity contribution in [2.24, 2.45) is 0 Å². The minimum Gasteiger partial charge on any atom is -0.494 e. The van der Waals surface area contributed by atoms with Crippen LogP contribution < -0.4 is 9.47 Å². The summed E-state index contributed by atoms with van der Waals surface area (Å²) >= 11 is 0. The number of carboxylic acids is 1. The highest BCUT2D eigenvalue weighted by Gasteiger charge is 2.32. The van der Waals surface area contributed by atoms with Crippen molar-refractivity contribution in [2.75, 3.05) is 40.9 Å². The standard InChI is InChI=1S/C22H35F3NO8P/c1-26(2,3)17-20(16-21(27)28)34-35(29,30)32-15-9-7-5-4-6-8-14-31-18-10-12-19(13-11-18)33-22(23,24)25/h10-13,20H,4-9,14-17H2,1-3H3,(H-,27,28,29,30)/p+1. The van der Waals surface area contributed by atoms with Gasteiger partial charge in [0.1, 0.15) is 24.1 Å². The fourth-order valence-electron chi connectivity index (χ4n) is 3.18. The van der Waals surface area contributed by atoms with Gasteiger partial charge in [0.25, 0.3) is 0 Å². The molecule has 0 amide bonds. The zero-order valence-corrected chi connectivity index (χ0v) is 21.2. The smallest absolute Gasteiger partial charge is 0.494 e. The molecule has 1 aromatic carbocycles. The average Bonchev–Trinajstić information content (AvgIpc) is 2.67. The number of hydrogen-bond donors (Lipinski definition) is 2. The Bertz CT molecular complexity index is 799. The average molecular weight is 530 g/mol. The van der Waals surface area contributed by atoms with Crippen LogP contribution in [0.25, 0.3) is 0 Å². The minimum atomic E-state index is -4.73. The number of phosphoric ester groups is 1. The largest absolute Gasteiger partial charge is 0.573 e. The number of carboxylic acid groups (broad SMARTS) is 1. The Hall–Kier alpha value is -1.85. The summed E-state index contributed by atoms with van der Waals surface area (Å²) in [6.07, 6.45) is -1.29. The Morgan fingerprint density at radius 2 is 1.49 bits per heavy atom. The molecule has 0 saturated heterocycles. The number of ether oxygens (including phenoxy) is 2. The van der Waals surface area contributed by atoms with Gasteiger partial charge < -0.3 is 24.0 Å². The number of alkyl halides is 3. The van der Waals surface area contributed by atoms with Gasteiger partial charge in [-0.25, -0.2) is 4.57 Å². The molecule has 35 heavy (non-hydrogen) atoms. The second-order valence-corrected chi connectivity index (χ2v) is 10.5. The summed E-state index contributed by atoms with van der Waals surface area (Å²) in [5, 5.41) is 8.98. The van der Waals surface area contributed by atoms with Crippen LogP contribution in [-0.2, 0) is 18.4 Å². The third kappa shape index (κ3) is 17.3. The van der Waals surface area contributed by atoms with E-state index >= 15 is 0 Å². The van der Waals surface area contributed by atoms with Gasteiger partial charge in [0, 0.05) is 0 Å². The van der Waals surface area contributed by atoms with Gasteiger partial charge in [0.2, 0.25) is 0 Å². The lowest BCUT2D eigenvalue weighted by Crippen LogP contribution is -2.42. The van der Waals surface area contributed by atoms with Crippen molar-refractivity contribution in [3.63, 3.8) is 0 Å². The van der Waals surface area contributed by atoms with Crippen LogP contribution >= 0.6 is 7.82 Å². The molecule has 0 aliphatic heterocycles. The van der Waals surface area contributed by atoms with Crippen molar-refractivity contribution in [2.45, 2.75) is 57.4 Å². The normalized spacial score (nSPS) is 14.8. The van der Waals surface area contributed by atoms with Crippen LogP contribution in [0.4, 0.5) is 13.2 Å².